The van der Waals surface area contributed by atoms with Gasteiger partial charge in [0.15, 0.2) is 0 Å². The lowest BCUT2D eigenvalue weighted by atomic mass is 10.0. The number of amides is 1. The fraction of sp³-hybridized carbons (Fsp3) is 0.438. The molecule has 1 rings (SSSR count). The van der Waals surface area contributed by atoms with Crippen LogP contribution in [0.25, 0.3) is 0 Å². The number of nitrogens with two attached hydrogens (primary N) is 1. The van der Waals surface area contributed by atoms with E-state index in [4.69, 9.17) is 10.5 Å². The smallest absolute Gasteiger partial charge is 0.253 e. The lowest BCUT2D eigenvalue weighted by molar-refractivity contribution is 0.0819. The van der Waals surface area contributed by atoms with Crippen molar-refractivity contribution in [3.8, 4) is 11.8 Å². The van der Waals surface area contributed by atoms with Crippen LogP contribution in [0.5, 0.6) is 0 Å². The van der Waals surface area contributed by atoms with E-state index in [9.17, 15) is 4.79 Å². The number of benzene rings is 1. The highest BCUT2D eigenvalue weighted by Crippen LogP contribution is 2.13. The van der Waals surface area contributed by atoms with Gasteiger partial charge in [0.25, 0.3) is 5.91 Å². The zero-order chi connectivity index (χ0) is 15.2. The van der Waals surface area contributed by atoms with Gasteiger partial charge in [0.2, 0.25) is 0 Å². The van der Waals surface area contributed by atoms with E-state index in [0.29, 0.717) is 17.7 Å². The normalized spacial score (nSPS) is 10.7. The zero-order valence-corrected chi connectivity index (χ0v) is 12.5. The number of nitrogens with one attached hydrogen (secondary N) is 1. The number of rotatable bonds is 4. The third-order valence-electron chi connectivity index (χ3n) is 2.70. The number of hydrogen-bond donors (Lipinski definition) is 2. The van der Waals surface area contributed by atoms with Gasteiger partial charge in [-0.3, -0.25) is 4.79 Å². The summed E-state index contributed by atoms with van der Waals surface area (Å²) in [6.45, 7) is 6.47. The largest absolute Gasteiger partial charge is 0.382 e. The minimum Gasteiger partial charge on any atom is -0.382 e. The fourth-order valence-corrected chi connectivity index (χ4v) is 1.87. The zero-order valence-electron chi connectivity index (χ0n) is 12.5. The van der Waals surface area contributed by atoms with E-state index in [-0.39, 0.29) is 12.5 Å². The van der Waals surface area contributed by atoms with Gasteiger partial charge in [0.05, 0.1) is 24.3 Å². The molecule has 20 heavy (non-hydrogen) atoms. The molecule has 4 nitrogen and oxygen atoms in total. The molecule has 0 bridgehead atoms. The Labute approximate surface area is 120 Å². The molecule has 0 atom stereocenters. The summed E-state index contributed by atoms with van der Waals surface area (Å²) >= 11 is 0. The second-order valence-corrected chi connectivity index (χ2v) is 5.33. The average Bonchev–Trinajstić information content (AvgIpc) is 2.36. The Morgan fingerprint density at radius 2 is 2.15 bits per heavy atom. The Bertz CT molecular complexity index is 539. The molecule has 0 saturated heterocycles. The summed E-state index contributed by atoms with van der Waals surface area (Å²) in [5.74, 6) is 5.56. The fourth-order valence-electron chi connectivity index (χ4n) is 1.87. The van der Waals surface area contributed by atoms with E-state index < -0.39 is 5.54 Å². The maximum absolute atomic E-state index is 12.4. The summed E-state index contributed by atoms with van der Waals surface area (Å²) in [6, 6.07) is 5.60. The first kappa shape index (κ1) is 16.2. The Morgan fingerprint density at radius 1 is 1.45 bits per heavy atom. The number of carbonyl (C=O) groups excluding carboxylic acids is 1. The number of hydrogen-bond acceptors (Lipinski definition) is 3. The molecular formula is C16H22N2O2. The summed E-state index contributed by atoms with van der Waals surface area (Å²) in [5.41, 5.74) is 7.21. The van der Waals surface area contributed by atoms with Crippen LogP contribution in [-0.2, 0) is 4.74 Å². The van der Waals surface area contributed by atoms with Crippen molar-refractivity contribution in [2.24, 2.45) is 5.73 Å². The quantitative estimate of drug-likeness (QED) is 0.817. The number of carbonyl (C=O) groups is 1. The predicted molar refractivity (Wildman–Crippen MR) is 80.5 cm³/mol. The van der Waals surface area contributed by atoms with Crippen molar-refractivity contribution in [3.63, 3.8) is 0 Å². The maximum atomic E-state index is 12.4. The van der Waals surface area contributed by atoms with E-state index in [0.717, 1.165) is 5.56 Å². The van der Waals surface area contributed by atoms with Gasteiger partial charge in [-0.25, -0.2) is 0 Å². The van der Waals surface area contributed by atoms with Crippen molar-refractivity contribution < 1.29 is 9.53 Å². The van der Waals surface area contributed by atoms with Gasteiger partial charge in [-0.05, 0) is 32.9 Å². The lowest BCUT2D eigenvalue weighted by Crippen LogP contribution is -2.47. The summed E-state index contributed by atoms with van der Waals surface area (Å²) in [7, 11) is 1.61. The van der Waals surface area contributed by atoms with Crippen LogP contribution in [0.3, 0.4) is 0 Å². The van der Waals surface area contributed by atoms with Gasteiger partial charge in [-0.15, -0.1) is 0 Å². The first-order chi connectivity index (χ1) is 9.39. The molecule has 4 heteroatoms. The second-order valence-electron chi connectivity index (χ2n) is 5.33. The van der Waals surface area contributed by atoms with E-state index in [1.54, 1.807) is 7.11 Å². The predicted octanol–water partition coefficient (Wildman–Crippen LogP) is 1.46. The van der Waals surface area contributed by atoms with Crippen molar-refractivity contribution in [1.29, 1.82) is 0 Å². The van der Waals surface area contributed by atoms with Crippen LogP contribution in [0, 0.1) is 18.8 Å². The topological polar surface area (TPSA) is 64.3 Å². The van der Waals surface area contributed by atoms with E-state index in [2.05, 4.69) is 17.2 Å². The van der Waals surface area contributed by atoms with Crippen molar-refractivity contribution in [2.45, 2.75) is 26.3 Å². The van der Waals surface area contributed by atoms with Crippen LogP contribution in [0.15, 0.2) is 18.2 Å². The Morgan fingerprint density at radius 3 is 2.75 bits per heavy atom. The number of aryl methyl sites for hydroxylation is 1. The summed E-state index contributed by atoms with van der Waals surface area (Å²) in [5, 5.41) is 2.95. The summed E-state index contributed by atoms with van der Waals surface area (Å²) in [4.78, 5) is 12.4. The molecule has 0 aromatic heterocycles. The van der Waals surface area contributed by atoms with Gasteiger partial charge < -0.3 is 15.8 Å². The Balaban J connectivity index is 3.05. The molecular weight excluding hydrogens is 252 g/mol. The molecule has 0 radical (unpaired) electrons. The standard InChI is InChI=1S/C16H22N2O2/c1-12-7-8-13(6-5-9-17)14(10-12)15(19)18-16(2,3)11-20-4/h7-8,10H,9,11,17H2,1-4H3,(H,18,19). The Hall–Kier alpha value is -1.83. The van der Waals surface area contributed by atoms with Crippen LogP contribution in [-0.4, -0.2) is 31.7 Å². The minimum absolute atomic E-state index is 0.155. The monoisotopic (exact) mass is 274 g/mol. The van der Waals surface area contributed by atoms with E-state index >= 15 is 0 Å². The molecule has 1 aromatic carbocycles. The molecule has 1 amide bonds. The number of ether oxygens (including phenoxy) is 1. The van der Waals surface area contributed by atoms with Crippen LogP contribution >= 0.6 is 0 Å². The van der Waals surface area contributed by atoms with Crippen LogP contribution in [0.1, 0.15) is 35.3 Å². The van der Waals surface area contributed by atoms with Gasteiger partial charge in [-0.2, -0.15) is 0 Å². The van der Waals surface area contributed by atoms with Gasteiger partial charge in [-0.1, -0.05) is 23.5 Å². The van der Waals surface area contributed by atoms with Crippen molar-refractivity contribution in [1.82, 2.24) is 5.32 Å². The van der Waals surface area contributed by atoms with Crippen molar-refractivity contribution in [3.05, 3.63) is 34.9 Å². The van der Waals surface area contributed by atoms with E-state index in [1.807, 2.05) is 39.0 Å². The van der Waals surface area contributed by atoms with Gasteiger partial charge >= 0.3 is 0 Å². The van der Waals surface area contributed by atoms with Crippen LogP contribution in [0.4, 0.5) is 0 Å². The highest BCUT2D eigenvalue weighted by Gasteiger charge is 2.22. The first-order valence-corrected chi connectivity index (χ1v) is 6.50. The van der Waals surface area contributed by atoms with Gasteiger partial charge in [0, 0.05) is 12.7 Å². The van der Waals surface area contributed by atoms with Gasteiger partial charge in [0.1, 0.15) is 0 Å². The molecule has 0 aliphatic heterocycles. The third-order valence-corrected chi connectivity index (χ3v) is 2.70. The van der Waals surface area contributed by atoms with Crippen LogP contribution in [0.2, 0.25) is 0 Å². The Kier molecular flexibility index (Phi) is 5.75. The molecule has 108 valence electrons. The molecule has 0 aliphatic carbocycles. The second kappa shape index (κ2) is 7.09. The highest BCUT2D eigenvalue weighted by atomic mass is 16.5. The molecule has 0 saturated carbocycles. The van der Waals surface area contributed by atoms with E-state index in [1.165, 1.54) is 0 Å². The molecule has 1 aromatic rings. The maximum Gasteiger partial charge on any atom is 0.253 e. The average molecular weight is 274 g/mol. The van der Waals surface area contributed by atoms with Crippen molar-refractivity contribution in [2.75, 3.05) is 20.3 Å². The summed E-state index contributed by atoms with van der Waals surface area (Å²) in [6.07, 6.45) is 0. The highest BCUT2D eigenvalue weighted by molar-refractivity contribution is 5.97. The SMILES string of the molecule is COCC(C)(C)NC(=O)c1cc(C)ccc1C#CCN. The first-order valence-electron chi connectivity index (χ1n) is 6.50. The molecule has 0 unspecified atom stereocenters. The minimum atomic E-state index is -0.436. The molecule has 0 spiro atoms. The van der Waals surface area contributed by atoms with Crippen molar-refractivity contribution >= 4 is 5.91 Å². The summed E-state index contributed by atoms with van der Waals surface area (Å²) < 4.78 is 5.10. The lowest BCUT2D eigenvalue weighted by Gasteiger charge is -2.25. The molecule has 3 N–H and O–H groups in total. The molecule has 0 fully saturated rings. The molecule has 0 heterocycles. The third kappa shape index (κ3) is 4.69. The van der Waals surface area contributed by atoms with Crippen LogP contribution < -0.4 is 11.1 Å². The number of methoxy groups -OCH3 is 1. The molecule has 0 aliphatic rings.